The number of nitrogens with one attached hydrogen (secondary N) is 2. The molecular weight excluding hydrogens is 511 g/mol. The van der Waals surface area contributed by atoms with E-state index < -0.39 is 0 Å². The van der Waals surface area contributed by atoms with Gasteiger partial charge in [0.15, 0.2) is 5.76 Å². The maximum absolute atomic E-state index is 12.6. The summed E-state index contributed by atoms with van der Waals surface area (Å²) in [4.78, 5) is 25.1. The number of anilines is 2. The maximum atomic E-state index is 12.6. The molecule has 37 heavy (non-hydrogen) atoms. The van der Waals surface area contributed by atoms with E-state index in [1.165, 1.54) is 6.08 Å². The van der Waals surface area contributed by atoms with Crippen LogP contribution in [0.1, 0.15) is 21.9 Å². The Morgan fingerprint density at radius 1 is 0.865 bits per heavy atom. The molecule has 0 aliphatic heterocycles. The molecule has 0 spiro atoms. The number of benzene rings is 3. The van der Waals surface area contributed by atoms with Crippen LogP contribution < -0.4 is 10.6 Å². The molecule has 5 aromatic rings. The predicted octanol–water partition coefficient (Wildman–Crippen LogP) is 8.21. The number of carbonyl (C=O) groups excluding carboxylic acids is 2. The topological polar surface area (TPSA) is 84.5 Å². The largest absolute Gasteiger partial charge is 0.457 e. The van der Waals surface area contributed by atoms with E-state index in [9.17, 15) is 9.59 Å². The van der Waals surface area contributed by atoms with Crippen LogP contribution in [0.3, 0.4) is 0 Å². The predicted molar refractivity (Wildman–Crippen MR) is 147 cm³/mol. The molecule has 2 heterocycles. The summed E-state index contributed by atoms with van der Waals surface area (Å²) in [5.74, 6) is 0.605. The van der Waals surface area contributed by atoms with Gasteiger partial charge >= 0.3 is 0 Å². The second-order valence-corrected chi connectivity index (χ2v) is 9.12. The van der Waals surface area contributed by atoms with Gasteiger partial charge in [0, 0.05) is 33.4 Å². The van der Waals surface area contributed by atoms with Gasteiger partial charge in [0.2, 0.25) is 5.91 Å². The van der Waals surface area contributed by atoms with E-state index in [0.717, 1.165) is 10.9 Å². The van der Waals surface area contributed by atoms with Gasteiger partial charge in [-0.15, -0.1) is 0 Å². The summed E-state index contributed by atoms with van der Waals surface area (Å²) in [7, 11) is 0. The third-order valence-electron chi connectivity index (χ3n) is 5.61. The highest BCUT2D eigenvalue weighted by molar-refractivity contribution is 6.36. The van der Waals surface area contributed by atoms with Crippen LogP contribution in [0, 0.1) is 6.92 Å². The SMILES string of the molecule is Cc1cc(NC(=O)/C=C/c2ccc(-c3ccc(Cl)cc3Cl)o2)ccc1NC(=O)c1cc2ccccc2o1. The molecule has 0 saturated carbocycles. The first-order valence-electron chi connectivity index (χ1n) is 11.3. The van der Waals surface area contributed by atoms with E-state index in [2.05, 4.69) is 10.6 Å². The summed E-state index contributed by atoms with van der Waals surface area (Å²) in [5, 5.41) is 7.52. The summed E-state index contributed by atoms with van der Waals surface area (Å²) < 4.78 is 11.4. The van der Waals surface area contributed by atoms with E-state index in [-0.39, 0.29) is 17.6 Å². The highest BCUT2D eigenvalue weighted by atomic mass is 35.5. The van der Waals surface area contributed by atoms with Crippen LogP contribution in [-0.4, -0.2) is 11.8 Å². The Balaban J connectivity index is 1.21. The lowest BCUT2D eigenvalue weighted by atomic mass is 10.1. The first-order valence-corrected chi connectivity index (χ1v) is 12.1. The standard InChI is InChI=1S/C29H20Cl2N2O4/c1-17-14-20(7-11-24(17)33-29(35)27-15-18-4-2-3-5-25(18)37-27)32-28(34)13-9-21-8-12-26(36-21)22-10-6-19(30)16-23(22)31/h2-16H,1H3,(H,32,34)(H,33,35)/b13-9+. The zero-order valence-corrected chi connectivity index (χ0v) is 21.1. The number of halogens is 2. The Morgan fingerprint density at radius 2 is 1.70 bits per heavy atom. The lowest BCUT2D eigenvalue weighted by Crippen LogP contribution is -2.12. The number of carbonyl (C=O) groups is 2. The van der Waals surface area contributed by atoms with Crippen molar-refractivity contribution in [3.05, 3.63) is 112 Å². The third-order valence-corrected chi connectivity index (χ3v) is 6.16. The molecule has 3 aromatic carbocycles. The minimum Gasteiger partial charge on any atom is -0.457 e. The van der Waals surface area contributed by atoms with Crippen LogP contribution in [0.4, 0.5) is 11.4 Å². The lowest BCUT2D eigenvalue weighted by molar-refractivity contribution is -0.111. The van der Waals surface area contributed by atoms with Crippen LogP contribution in [-0.2, 0) is 4.79 Å². The average Bonchev–Trinajstić information content (AvgIpc) is 3.52. The van der Waals surface area contributed by atoms with Crippen molar-refractivity contribution >= 4 is 63.4 Å². The summed E-state index contributed by atoms with van der Waals surface area (Å²) in [6.45, 7) is 1.84. The molecular formula is C29H20Cl2N2O4. The quantitative estimate of drug-likeness (QED) is 0.216. The van der Waals surface area contributed by atoms with Crippen LogP contribution in [0.5, 0.6) is 0 Å². The number of hydrogen-bond acceptors (Lipinski definition) is 4. The normalized spacial score (nSPS) is 11.2. The molecule has 0 fully saturated rings. The zero-order chi connectivity index (χ0) is 25.9. The molecule has 0 unspecified atom stereocenters. The number of aryl methyl sites for hydroxylation is 1. The van der Waals surface area contributed by atoms with Gasteiger partial charge in [-0.05, 0) is 79.2 Å². The molecule has 0 aliphatic carbocycles. The third kappa shape index (κ3) is 5.61. The first-order chi connectivity index (χ1) is 17.9. The van der Waals surface area contributed by atoms with Crippen molar-refractivity contribution in [2.24, 2.45) is 0 Å². The molecule has 184 valence electrons. The Hall–Kier alpha value is -4.26. The summed E-state index contributed by atoms with van der Waals surface area (Å²) >= 11 is 12.2. The fourth-order valence-corrected chi connectivity index (χ4v) is 4.28. The molecule has 2 N–H and O–H groups in total. The van der Waals surface area contributed by atoms with Crippen LogP contribution >= 0.6 is 23.2 Å². The molecule has 5 rings (SSSR count). The number of hydrogen-bond donors (Lipinski definition) is 2. The highest BCUT2D eigenvalue weighted by Gasteiger charge is 2.14. The van der Waals surface area contributed by atoms with Crippen molar-refractivity contribution in [3.8, 4) is 11.3 Å². The van der Waals surface area contributed by atoms with Gasteiger partial charge < -0.3 is 19.5 Å². The molecule has 2 aromatic heterocycles. The molecule has 0 saturated heterocycles. The second kappa shape index (κ2) is 10.4. The van der Waals surface area contributed by atoms with Gasteiger partial charge in [-0.25, -0.2) is 0 Å². The van der Waals surface area contributed by atoms with Crippen LogP contribution in [0.25, 0.3) is 28.4 Å². The van der Waals surface area contributed by atoms with E-state index in [0.29, 0.717) is 44.1 Å². The fourth-order valence-electron chi connectivity index (χ4n) is 3.78. The second-order valence-electron chi connectivity index (χ2n) is 8.28. The lowest BCUT2D eigenvalue weighted by Gasteiger charge is -2.09. The van der Waals surface area contributed by atoms with Gasteiger partial charge in [-0.3, -0.25) is 9.59 Å². The highest BCUT2D eigenvalue weighted by Crippen LogP contribution is 2.32. The zero-order valence-electron chi connectivity index (χ0n) is 19.5. The Kier molecular flexibility index (Phi) is 6.86. The van der Waals surface area contributed by atoms with Crippen molar-refractivity contribution in [3.63, 3.8) is 0 Å². The monoisotopic (exact) mass is 530 g/mol. The Morgan fingerprint density at radius 3 is 2.49 bits per heavy atom. The van der Waals surface area contributed by atoms with E-state index in [1.807, 2.05) is 31.2 Å². The molecule has 0 atom stereocenters. The molecule has 0 bridgehead atoms. The van der Waals surface area contributed by atoms with Crippen molar-refractivity contribution in [1.29, 1.82) is 0 Å². The number of para-hydroxylation sites is 1. The van der Waals surface area contributed by atoms with Gasteiger partial charge in [0.05, 0.1) is 5.02 Å². The molecule has 2 amide bonds. The summed E-state index contributed by atoms with van der Waals surface area (Å²) in [5.41, 5.74) is 3.33. The molecule has 6 nitrogen and oxygen atoms in total. The number of furan rings is 2. The van der Waals surface area contributed by atoms with Gasteiger partial charge in [0.25, 0.3) is 5.91 Å². The minimum atomic E-state index is -0.350. The van der Waals surface area contributed by atoms with E-state index in [1.54, 1.807) is 60.7 Å². The first kappa shape index (κ1) is 24.4. The summed E-state index contributed by atoms with van der Waals surface area (Å²) in [6, 6.07) is 23.0. The Labute approximate surface area is 222 Å². The van der Waals surface area contributed by atoms with Crippen molar-refractivity contribution in [1.82, 2.24) is 0 Å². The smallest absolute Gasteiger partial charge is 0.291 e. The van der Waals surface area contributed by atoms with Crippen LogP contribution in [0.15, 0.2) is 93.8 Å². The maximum Gasteiger partial charge on any atom is 0.291 e. The van der Waals surface area contributed by atoms with Crippen molar-refractivity contribution in [2.75, 3.05) is 10.6 Å². The number of amides is 2. The van der Waals surface area contributed by atoms with Gasteiger partial charge in [-0.2, -0.15) is 0 Å². The van der Waals surface area contributed by atoms with E-state index in [4.69, 9.17) is 32.0 Å². The van der Waals surface area contributed by atoms with Gasteiger partial charge in [0.1, 0.15) is 17.1 Å². The van der Waals surface area contributed by atoms with E-state index >= 15 is 0 Å². The van der Waals surface area contributed by atoms with Crippen molar-refractivity contribution in [2.45, 2.75) is 6.92 Å². The average molecular weight is 531 g/mol. The van der Waals surface area contributed by atoms with Crippen LogP contribution in [0.2, 0.25) is 10.0 Å². The molecule has 0 radical (unpaired) electrons. The molecule has 0 aliphatic rings. The Bertz CT molecular complexity index is 1630. The van der Waals surface area contributed by atoms with Crippen molar-refractivity contribution < 1.29 is 18.4 Å². The number of fused-ring (bicyclic) bond motifs is 1. The molecule has 8 heteroatoms. The van der Waals surface area contributed by atoms with Gasteiger partial charge in [-0.1, -0.05) is 41.4 Å². The number of rotatable bonds is 6. The fraction of sp³-hybridized carbons (Fsp3) is 0.0345. The summed E-state index contributed by atoms with van der Waals surface area (Å²) in [6.07, 6.45) is 2.94. The minimum absolute atomic E-state index is 0.225.